The summed E-state index contributed by atoms with van der Waals surface area (Å²) in [7, 11) is 0. The van der Waals surface area contributed by atoms with E-state index in [1.54, 1.807) is 0 Å². The summed E-state index contributed by atoms with van der Waals surface area (Å²) in [5.74, 6) is -1.20. The van der Waals surface area contributed by atoms with E-state index in [1.165, 1.54) is 24.4 Å². The van der Waals surface area contributed by atoms with E-state index in [1.807, 2.05) is 0 Å². The number of nitrogens with one attached hydrogen (secondary N) is 2. The van der Waals surface area contributed by atoms with Gasteiger partial charge in [0.25, 0.3) is 5.91 Å². The first kappa shape index (κ1) is 11.8. The molecular weight excluding hydrogens is 237 g/mol. The van der Waals surface area contributed by atoms with Crippen LogP contribution in [0.2, 0.25) is 0 Å². The van der Waals surface area contributed by atoms with Crippen molar-refractivity contribution < 1.29 is 9.18 Å². The first-order valence-electron chi connectivity index (χ1n) is 5.11. The molecule has 2 rings (SSSR count). The Kier molecular flexibility index (Phi) is 3.09. The number of rotatable bonds is 2. The molecule has 18 heavy (non-hydrogen) atoms. The molecule has 5 nitrogen and oxygen atoms in total. The molecule has 1 heterocycles. The van der Waals surface area contributed by atoms with Gasteiger partial charge in [-0.1, -0.05) is 0 Å². The molecule has 92 valence electrons. The van der Waals surface area contributed by atoms with E-state index in [4.69, 9.17) is 5.73 Å². The number of hydrogen-bond acceptors (Lipinski definition) is 3. The number of nitrogen functional groups attached to an aromatic ring is 1. The van der Waals surface area contributed by atoms with E-state index in [0.717, 1.165) is 12.1 Å². The van der Waals surface area contributed by atoms with Crippen LogP contribution < -0.4 is 16.6 Å². The van der Waals surface area contributed by atoms with Gasteiger partial charge in [-0.05, 0) is 24.3 Å². The number of carbonyl (C=O) groups excluding carboxylic acids is 1. The van der Waals surface area contributed by atoms with Gasteiger partial charge in [0.1, 0.15) is 5.82 Å². The van der Waals surface area contributed by atoms with Crippen molar-refractivity contribution in [3.05, 3.63) is 58.3 Å². The largest absolute Gasteiger partial charge is 0.399 e. The van der Waals surface area contributed by atoms with Crippen LogP contribution >= 0.6 is 0 Å². The van der Waals surface area contributed by atoms with Crippen molar-refractivity contribution in [2.24, 2.45) is 0 Å². The maximum Gasteiger partial charge on any atom is 0.255 e. The number of H-pyrrole nitrogens is 1. The molecule has 0 aliphatic carbocycles. The Labute approximate surface area is 101 Å². The van der Waals surface area contributed by atoms with Gasteiger partial charge in [0.05, 0.1) is 5.69 Å². The van der Waals surface area contributed by atoms with Gasteiger partial charge in [0.2, 0.25) is 5.56 Å². The molecule has 0 aliphatic heterocycles. The van der Waals surface area contributed by atoms with Crippen molar-refractivity contribution in [1.29, 1.82) is 0 Å². The highest BCUT2D eigenvalue weighted by atomic mass is 19.1. The number of nitrogens with two attached hydrogens (primary N) is 1. The number of aromatic nitrogens is 1. The van der Waals surface area contributed by atoms with Gasteiger partial charge in [-0.25, -0.2) is 4.39 Å². The zero-order valence-corrected chi connectivity index (χ0v) is 9.24. The summed E-state index contributed by atoms with van der Waals surface area (Å²) >= 11 is 0. The third kappa shape index (κ3) is 2.54. The van der Waals surface area contributed by atoms with Gasteiger partial charge in [-0.15, -0.1) is 0 Å². The average Bonchev–Trinajstić information content (AvgIpc) is 2.32. The van der Waals surface area contributed by atoms with Crippen molar-refractivity contribution in [3.8, 4) is 0 Å². The highest BCUT2D eigenvalue weighted by Gasteiger charge is 2.09. The average molecular weight is 247 g/mol. The molecule has 0 radical (unpaired) electrons. The van der Waals surface area contributed by atoms with Gasteiger partial charge in [0, 0.05) is 23.5 Å². The fraction of sp³-hybridized carbons (Fsp3) is 0. The first-order chi connectivity index (χ1) is 8.56. The molecule has 0 aliphatic rings. The lowest BCUT2D eigenvalue weighted by atomic mass is 10.2. The number of benzene rings is 1. The SMILES string of the molecule is Nc1ccc(NC(=O)c2cc[nH]c(=O)c2)c(F)c1. The minimum atomic E-state index is -0.631. The zero-order chi connectivity index (χ0) is 13.1. The van der Waals surface area contributed by atoms with Crippen molar-refractivity contribution >= 4 is 17.3 Å². The standard InChI is InChI=1S/C12H10FN3O2/c13-9-6-8(14)1-2-10(9)16-12(18)7-3-4-15-11(17)5-7/h1-6H,14H2,(H,15,17)(H,16,18). The Hall–Kier alpha value is -2.63. The Morgan fingerprint density at radius 3 is 2.72 bits per heavy atom. The smallest absolute Gasteiger partial charge is 0.255 e. The number of pyridine rings is 1. The fourth-order valence-electron chi connectivity index (χ4n) is 1.41. The number of halogens is 1. The summed E-state index contributed by atoms with van der Waals surface area (Å²) < 4.78 is 13.4. The molecule has 1 aromatic carbocycles. The summed E-state index contributed by atoms with van der Waals surface area (Å²) in [4.78, 5) is 25.2. The topological polar surface area (TPSA) is 88.0 Å². The van der Waals surface area contributed by atoms with Gasteiger partial charge in [0.15, 0.2) is 0 Å². The van der Waals surface area contributed by atoms with Crippen LogP contribution in [0.5, 0.6) is 0 Å². The van der Waals surface area contributed by atoms with E-state index < -0.39 is 17.3 Å². The molecule has 0 spiro atoms. The van der Waals surface area contributed by atoms with Gasteiger partial charge in [-0.2, -0.15) is 0 Å². The molecule has 0 atom stereocenters. The van der Waals surface area contributed by atoms with Crippen molar-refractivity contribution in [2.75, 3.05) is 11.1 Å². The minimum Gasteiger partial charge on any atom is -0.399 e. The number of anilines is 2. The lowest BCUT2D eigenvalue weighted by Crippen LogP contribution is -2.16. The lowest BCUT2D eigenvalue weighted by Gasteiger charge is -2.06. The first-order valence-corrected chi connectivity index (χ1v) is 5.11. The van der Waals surface area contributed by atoms with Crippen LogP contribution in [-0.4, -0.2) is 10.9 Å². The number of hydrogen-bond donors (Lipinski definition) is 3. The maximum absolute atomic E-state index is 13.4. The number of amides is 1. The molecule has 2 aromatic rings. The summed E-state index contributed by atoms with van der Waals surface area (Å²) in [5, 5.41) is 2.36. The molecule has 0 bridgehead atoms. The predicted molar refractivity (Wildman–Crippen MR) is 65.8 cm³/mol. The molecule has 0 fully saturated rings. The van der Waals surface area contributed by atoms with Gasteiger partial charge in [-0.3, -0.25) is 9.59 Å². The van der Waals surface area contributed by atoms with E-state index in [0.29, 0.717) is 0 Å². The zero-order valence-electron chi connectivity index (χ0n) is 9.24. The van der Waals surface area contributed by atoms with Gasteiger partial charge >= 0.3 is 0 Å². The van der Waals surface area contributed by atoms with Crippen LogP contribution in [0.15, 0.2) is 41.3 Å². The summed E-state index contributed by atoms with van der Waals surface area (Å²) in [6.45, 7) is 0. The van der Waals surface area contributed by atoms with E-state index in [-0.39, 0.29) is 16.9 Å². The Morgan fingerprint density at radius 2 is 2.06 bits per heavy atom. The second-order valence-corrected chi connectivity index (χ2v) is 3.64. The third-order valence-corrected chi connectivity index (χ3v) is 2.28. The molecule has 0 saturated heterocycles. The van der Waals surface area contributed by atoms with Crippen LogP contribution in [0.1, 0.15) is 10.4 Å². The lowest BCUT2D eigenvalue weighted by molar-refractivity contribution is 0.102. The van der Waals surface area contributed by atoms with Crippen LogP contribution in [0.3, 0.4) is 0 Å². The van der Waals surface area contributed by atoms with E-state index in [9.17, 15) is 14.0 Å². The number of aromatic amines is 1. The Bertz CT molecular complexity index is 652. The van der Waals surface area contributed by atoms with Crippen molar-refractivity contribution in [2.45, 2.75) is 0 Å². The highest BCUT2D eigenvalue weighted by molar-refractivity contribution is 6.04. The maximum atomic E-state index is 13.4. The van der Waals surface area contributed by atoms with Crippen LogP contribution in [0.4, 0.5) is 15.8 Å². The van der Waals surface area contributed by atoms with Crippen molar-refractivity contribution in [1.82, 2.24) is 4.98 Å². The van der Waals surface area contributed by atoms with Gasteiger partial charge < -0.3 is 16.0 Å². The molecule has 4 N–H and O–H groups in total. The fourth-order valence-corrected chi connectivity index (χ4v) is 1.41. The molecule has 1 aromatic heterocycles. The van der Waals surface area contributed by atoms with E-state index >= 15 is 0 Å². The summed E-state index contributed by atoms with van der Waals surface area (Å²) in [5.41, 5.74) is 5.41. The molecule has 0 unspecified atom stereocenters. The molecular formula is C12H10FN3O2. The molecule has 6 heteroatoms. The minimum absolute atomic E-state index is 0.00878. The Morgan fingerprint density at radius 1 is 1.28 bits per heavy atom. The monoisotopic (exact) mass is 247 g/mol. The molecule has 0 saturated carbocycles. The quantitative estimate of drug-likeness (QED) is 0.700. The number of carbonyl (C=O) groups is 1. The second-order valence-electron chi connectivity index (χ2n) is 3.64. The predicted octanol–water partition coefficient (Wildman–Crippen LogP) is 1.35. The van der Waals surface area contributed by atoms with Crippen LogP contribution in [0.25, 0.3) is 0 Å². The Balaban J connectivity index is 2.24. The van der Waals surface area contributed by atoms with Crippen molar-refractivity contribution in [3.63, 3.8) is 0 Å². The molecule has 1 amide bonds. The van der Waals surface area contributed by atoms with Crippen LogP contribution in [-0.2, 0) is 0 Å². The third-order valence-electron chi connectivity index (χ3n) is 2.28. The summed E-state index contributed by atoms with van der Waals surface area (Å²) in [6, 6.07) is 6.48. The summed E-state index contributed by atoms with van der Waals surface area (Å²) in [6.07, 6.45) is 1.34. The normalized spacial score (nSPS) is 10.1. The van der Waals surface area contributed by atoms with Crippen LogP contribution in [0, 0.1) is 5.82 Å². The second kappa shape index (κ2) is 4.70. The van der Waals surface area contributed by atoms with E-state index in [2.05, 4.69) is 10.3 Å². The highest BCUT2D eigenvalue weighted by Crippen LogP contribution is 2.17.